The Morgan fingerprint density at radius 2 is 2.00 bits per heavy atom. The number of likely N-dealkylation sites (tertiary alicyclic amines) is 1. The van der Waals surface area contributed by atoms with E-state index < -0.39 is 0 Å². The number of rotatable bonds is 2. The first kappa shape index (κ1) is 10.0. The fourth-order valence-corrected chi connectivity index (χ4v) is 2.29. The second-order valence-electron chi connectivity index (χ2n) is 3.54. The third-order valence-corrected chi connectivity index (χ3v) is 3.51. The zero-order valence-electron chi connectivity index (χ0n) is 6.63. The van der Waals surface area contributed by atoms with Gasteiger partial charge in [-0.2, -0.15) is 0 Å². The Morgan fingerprint density at radius 3 is 2.45 bits per heavy atom. The summed E-state index contributed by atoms with van der Waals surface area (Å²) in [6, 6.07) is 0.990. The van der Waals surface area contributed by atoms with Crippen molar-refractivity contribution in [3.63, 3.8) is 0 Å². The van der Waals surface area contributed by atoms with Crippen molar-refractivity contribution in [1.82, 2.24) is 4.90 Å². The summed E-state index contributed by atoms with van der Waals surface area (Å²) < 4.78 is 0. The summed E-state index contributed by atoms with van der Waals surface area (Å²) >= 11 is 3.55. The molecule has 11 heavy (non-hydrogen) atoms. The number of alkyl halides is 1. The van der Waals surface area contributed by atoms with Crippen LogP contribution < -0.4 is 0 Å². The molecule has 1 heterocycles. The molecule has 1 atom stereocenters. The Bertz CT molecular complexity index is 125. The highest BCUT2D eigenvalue weighted by atomic mass is 79.9. The largest absolute Gasteiger partial charge is 0.300 e. The molecule has 66 valence electrons. The van der Waals surface area contributed by atoms with E-state index in [0.29, 0.717) is 0 Å². The molecular weight excluding hydrogens is 270 g/mol. The summed E-state index contributed by atoms with van der Waals surface area (Å²) in [6.07, 6.45) is 4.35. The van der Waals surface area contributed by atoms with Gasteiger partial charge in [0.15, 0.2) is 0 Å². The maximum atomic E-state index is 3.55. The van der Waals surface area contributed by atoms with Crippen LogP contribution in [0.2, 0.25) is 0 Å². The molecule has 2 aliphatic rings. The number of hydrogen-bond acceptors (Lipinski definition) is 1. The lowest BCUT2D eigenvalue weighted by molar-refractivity contribution is 0.318. The van der Waals surface area contributed by atoms with Gasteiger partial charge < -0.3 is 4.90 Å². The van der Waals surface area contributed by atoms with E-state index in [-0.39, 0.29) is 17.0 Å². The van der Waals surface area contributed by atoms with E-state index in [1.165, 1.54) is 37.7 Å². The van der Waals surface area contributed by atoms with Crippen molar-refractivity contribution < 1.29 is 0 Å². The summed E-state index contributed by atoms with van der Waals surface area (Å²) in [5.41, 5.74) is 0. The van der Waals surface area contributed by atoms with Crippen LogP contribution >= 0.6 is 32.9 Å². The highest BCUT2D eigenvalue weighted by Crippen LogP contribution is 2.31. The van der Waals surface area contributed by atoms with E-state index >= 15 is 0 Å². The van der Waals surface area contributed by atoms with Crippen LogP contribution in [0.3, 0.4) is 0 Å². The maximum Gasteiger partial charge on any atom is 0.00965 e. The molecule has 0 aromatic rings. The topological polar surface area (TPSA) is 3.24 Å². The zero-order valence-corrected chi connectivity index (χ0v) is 9.93. The third-order valence-electron chi connectivity index (χ3n) is 2.60. The lowest BCUT2D eigenvalue weighted by Crippen LogP contribution is -2.22. The first-order valence-corrected chi connectivity index (χ1v) is 5.32. The average molecular weight is 285 g/mol. The molecule has 1 aliphatic heterocycles. The molecule has 0 N–H and O–H groups in total. The summed E-state index contributed by atoms with van der Waals surface area (Å²) in [6.45, 7) is 2.72. The smallest absolute Gasteiger partial charge is 0.00965 e. The SMILES string of the molecule is Br.BrCC1CCN(C2CC2)C1. The molecule has 1 unspecified atom stereocenters. The van der Waals surface area contributed by atoms with Gasteiger partial charge in [0.05, 0.1) is 0 Å². The van der Waals surface area contributed by atoms with Crippen molar-refractivity contribution in [3.05, 3.63) is 0 Å². The van der Waals surface area contributed by atoms with Crippen molar-refractivity contribution in [2.75, 3.05) is 18.4 Å². The molecule has 0 spiro atoms. The fraction of sp³-hybridized carbons (Fsp3) is 1.00. The standard InChI is InChI=1S/C8H14BrN.BrH/c9-5-7-3-4-10(6-7)8-1-2-8;/h7-8H,1-6H2;1H. The predicted octanol–water partition coefficient (Wildman–Crippen LogP) is 2.44. The van der Waals surface area contributed by atoms with E-state index in [1.807, 2.05) is 0 Å². The molecule has 3 heteroatoms. The van der Waals surface area contributed by atoms with Crippen LogP contribution in [0, 0.1) is 5.92 Å². The zero-order chi connectivity index (χ0) is 6.97. The molecule has 2 rings (SSSR count). The van der Waals surface area contributed by atoms with E-state index in [1.54, 1.807) is 0 Å². The summed E-state index contributed by atoms with van der Waals surface area (Å²) in [4.78, 5) is 2.66. The van der Waals surface area contributed by atoms with E-state index in [2.05, 4.69) is 20.8 Å². The predicted molar refractivity (Wildman–Crippen MR) is 56.8 cm³/mol. The van der Waals surface area contributed by atoms with Crippen molar-refractivity contribution in [2.24, 2.45) is 5.92 Å². The highest BCUT2D eigenvalue weighted by Gasteiger charge is 2.33. The van der Waals surface area contributed by atoms with Gasteiger partial charge in [0, 0.05) is 17.9 Å². The van der Waals surface area contributed by atoms with Gasteiger partial charge in [0.25, 0.3) is 0 Å². The van der Waals surface area contributed by atoms with Crippen molar-refractivity contribution in [2.45, 2.75) is 25.3 Å². The van der Waals surface area contributed by atoms with Crippen LogP contribution in [-0.4, -0.2) is 29.4 Å². The minimum atomic E-state index is 0. The second kappa shape index (κ2) is 4.24. The van der Waals surface area contributed by atoms with E-state index in [0.717, 1.165) is 12.0 Å². The minimum absolute atomic E-state index is 0. The van der Waals surface area contributed by atoms with Gasteiger partial charge >= 0.3 is 0 Å². The number of hydrogen-bond donors (Lipinski definition) is 0. The lowest BCUT2D eigenvalue weighted by atomic mass is 10.2. The molecule has 0 aromatic carbocycles. The maximum absolute atomic E-state index is 3.55. The molecular formula is C8H15Br2N. The van der Waals surface area contributed by atoms with E-state index in [9.17, 15) is 0 Å². The van der Waals surface area contributed by atoms with E-state index in [4.69, 9.17) is 0 Å². The number of nitrogens with zero attached hydrogens (tertiary/aromatic N) is 1. The molecule has 1 nitrogen and oxygen atoms in total. The summed E-state index contributed by atoms with van der Waals surface area (Å²) in [5.74, 6) is 0.945. The highest BCUT2D eigenvalue weighted by molar-refractivity contribution is 9.09. The Hall–Kier alpha value is 0.920. The van der Waals surface area contributed by atoms with Gasteiger partial charge in [-0.3, -0.25) is 0 Å². The number of halogens is 2. The summed E-state index contributed by atoms with van der Waals surface area (Å²) in [7, 11) is 0. The molecule has 0 amide bonds. The van der Waals surface area contributed by atoms with Gasteiger partial charge in [-0.05, 0) is 31.7 Å². The van der Waals surface area contributed by atoms with Gasteiger partial charge in [-0.15, -0.1) is 17.0 Å². The first-order chi connectivity index (χ1) is 4.90. The molecule has 1 saturated heterocycles. The Morgan fingerprint density at radius 1 is 1.27 bits per heavy atom. The van der Waals surface area contributed by atoms with Gasteiger partial charge in [0.2, 0.25) is 0 Å². The van der Waals surface area contributed by atoms with Crippen LogP contribution in [0.25, 0.3) is 0 Å². The van der Waals surface area contributed by atoms with Crippen LogP contribution in [0.15, 0.2) is 0 Å². The quantitative estimate of drug-likeness (QED) is 0.704. The second-order valence-corrected chi connectivity index (χ2v) is 4.18. The van der Waals surface area contributed by atoms with Crippen LogP contribution in [-0.2, 0) is 0 Å². The Labute approximate surface area is 87.4 Å². The lowest BCUT2D eigenvalue weighted by Gasteiger charge is -2.13. The summed E-state index contributed by atoms with van der Waals surface area (Å²) in [5, 5.41) is 1.20. The van der Waals surface area contributed by atoms with Crippen LogP contribution in [0.5, 0.6) is 0 Å². The van der Waals surface area contributed by atoms with Gasteiger partial charge in [-0.1, -0.05) is 15.9 Å². The van der Waals surface area contributed by atoms with Crippen molar-refractivity contribution in [3.8, 4) is 0 Å². The molecule has 1 aliphatic carbocycles. The third kappa shape index (κ3) is 2.43. The first-order valence-electron chi connectivity index (χ1n) is 4.20. The van der Waals surface area contributed by atoms with Crippen molar-refractivity contribution >= 4 is 32.9 Å². The normalized spacial score (nSPS) is 31.9. The molecule has 0 bridgehead atoms. The Balaban J connectivity index is 0.000000605. The van der Waals surface area contributed by atoms with Crippen LogP contribution in [0.1, 0.15) is 19.3 Å². The molecule has 0 aromatic heterocycles. The van der Waals surface area contributed by atoms with Gasteiger partial charge in [-0.25, -0.2) is 0 Å². The molecule has 2 fully saturated rings. The monoisotopic (exact) mass is 283 g/mol. The van der Waals surface area contributed by atoms with Gasteiger partial charge in [0.1, 0.15) is 0 Å². The fourth-order valence-electron chi connectivity index (χ4n) is 1.76. The molecule has 1 saturated carbocycles. The minimum Gasteiger partial charge on any atom is -0.300 e. The Kier molecular flexibility index (Phi) is 3.86. The van der Waals surface area contributed by atoms with Crippen molar-refractivity contribution in [1.29, 1.82) is 0 Å². The van der Waals surface area contributed by atoms with Crippen LogP contribution in [0.4, 0.5) is 0 Å². The molecule has 0 radical (unpaired) electrons. The average Bonchev–Trinajstić information content (AvgIpc) is 2.70.